The summed E-state index contributed by atoms with van der Waals surface area (Å²) in [6, 6.07) is -0.633. The second kappa shape index (κ2) is 8.70. The van der Waals surface area contributed by atoms with Gasteiger partial charge in [0, 0.05) is 0 Å². The van der Waals surface area contributed by atoms with E-state index in [4.69, 9.17) is 4.74 Å². The maximum Gasteiger partial charge on any atom is 0.328 e. The molecule has 1 unspecified atom stereocenters. The van der Waals surface area contributed by atoms with Gasteiger partial charge in [0.05, 0.1) is 13.2 Å². The fourth-order valence-electron chi connectivity index (χ4n) is 1.16. The van der Waals surface area contributed by atoms with Crippen LogP contribution in [0.4, 0.5) is 0 Å². The maximum absolute atomic E-state index is 11.4. The predicted octanol–water partition coefficient (Wildman–Crippen LogP) is -0.420. The van der Waals surface area contributed by atoms with E-state index in [1.807, 2.05) is 6.92 Å². The normalized spacial score (nSPS) is 11.4. The highest BCUT2D eigenvalue weighted by Gasteiger charge is 2.20. The van der Waals surface area contributed by atoms with Crippen molar-refractivity contribution >= 4 is 18.3 Å². The van der Waals surface area contributed by atoms with Crippen LogP contribution in [0.1, 0.15) is 26.7 Å². The molecule has 0 heterocycles. The van der Waals surface area contributed by atoms with Crippen molar-refractivity contribution in [3.05, 3.63) is 0 Å². The quantitative estimate of drug-likeness (QED) is 0.438. The van der Waals surface area contributed by atoms with Crippen molar-refractivity contribution in [2.75, 3.05) is 13.2 Å². The monoisotopic (exact) mass is 230 g/mol. The average molecular weight is 230 g/mol. The fourth-order valence-corrected chi connectivity index (χ4v) is 1.16. The lowest BCUT2D eigenvalue weighted by Crippen LogP contribution is -2.45. The molecule has 0 aliphatic carbocycles. The number of hydrogen-bond acceptors (Lipinski definition) is 4. The van der Waals surface area contributed by atoms with Crippen LogP contribution in [-0.2, 0) is 19.1 Å². The summed E-state index contributed by atoms with van der Waals surface area (Å²) in [5.74, 6) is -0.845. The number of nitrogens with one attached hydrogen (secondary N) is 2. The smallest absolute Gasteiger partial charge is 0.328 e. The number of hydrogen-bond donors (Lipinski definition) is 2. The largest absolute Gasteiger partial charge is 0.464 e. The molecule has 2 amide bonds. The minimum Gasteiger partial charge on any atom is -0.464 e. The Hall–Kier alpha value is -1.59. The lowest BCUT2D eigenvalue weighted by Gasteiger charge is -2.16. The topological polar surface area (TPSA) is 84.5 Å². The van der Waals surface area contributed by atoms with Crippen molar-refractivity contribution in [1.82, 2.24) is 10.6 Å². The van der Waals surface area contributed by atoms with Crippen LogP contribution in [0.25, 0.3) is 0 Å². The first-order chi connectivity index (χ1) is 7.65. The molecule has 0 aromatic heterocycles. The first-order valence-electron chi connectivity index (χ1n) is 5.28. The van der Waals surface area contributed by atoms with Gasteiger partial charge in [-0.1, -0.05) is 13.3 Å². The lowest BCUT2D eigenvalue weighted by atomic mass is 10.1. The molecule has 0 aromatic carbocycles. The number of ether oxygens (including phenoxy) is 1. The molecule has 0 aliphatic rings. The molecule has 6 heteroatoms. The van der Waals surface area contributed by atoms with Gasteiger partial charge in [-0.25, -0.2) is 4.79 Å². The second-order valence-corrected chi connectivity index (χ2v) is 3.16. The van der Waals surface area contributed by atoms with Crippen molar-refractivity contribution < 1.29 is 19.1 Å². The van der Waals surface area contributed by atoms with Crippen LogP contribution in [0, 0.1) is 0 Å². The van der Waals surface area contributed by atoms with Gasteiger partial charge in [0.15, 0.2) is 0 Å². The summed E-state index contributed by atoms with van der Waals surface area (Å²) in [5.41, 5.74) is 0. The molecule has 0 fully saturated rings. The van der Waals surface area contributed by atoms with E-state index in [1.54, 1.807) is 6.92 Å². The zero-order valence-electron chi connectivity index (χ0n) is 9.62. The minimum absolute atomic E-state index is 0.136. The molecule has 0 saturated heterocycles. The SMILES string of the molecule is CCCC(NC(=O)CNC=O)C(=O)OCC. The van der Waals surface area contributed by atoms with Crippen LogP contribution in [0.5, 0.6) is 0 Å². The number of amides is 2. The molecular formula is C10H18N2O4. The highest BCUT2D eigenvalue weighted by molar-refractivity contribution is 5.86. The molecule has 0 bridgehead atoms. The van der Waals surface area contributed by atoms with Gasteiger partial charge < -0.3 is 15.4 Å². The van der Waals surface area contributed by atoms with Crippen LogP contribution in [0.3, 0.4) is 0 Å². The molecule has 0 radical (unpaired) electrons. The summed E-state index contributed by atoms with van der Waals surface area (Å²) in [7, 11) is 0. The van der Waals surface area contributed by atoms with Crippen LogP contribution < -0.4 is 10.6 Å². The van der Waals surface area contributed by atoms with Gasteiger partial charge in [0.2, 0.25) is 12.3 Å². The van der Waals surface area contributed by atoms with Gasteiger partial charge in [-0.2, -0.15) is 0 Å². The third kappa shape index (κ3) is 6.00. The molecular weight excluding hydrogens is 212 g/mol. The van der Waals surface area contributed by atoms with E-state index in [2.05, 4.69) is 10.6 Å². The summed E-state index contributed by atoms with van der Waals surface area (Å²) in [6.07, 6.45) is 1.70. The van der Waals surface area contributed by atoms with Gasteiger partial charge in [0.25, 0.3) is 0 Å². The average Bonchev–Trinajstić information content (AvgIpc) is 2.26. The summed E-state index contributed by atoms with van der Waals surface area (Å²) in [6.45, 7) is 3.75. The minimum atomic E-state index is -0.633. The van der Waals surface area contributed by atoms with Gasteiger partial charge in [-0.05, 0) is 13.3 Å². The molecule has 92 valence electrons. The maximum atomic E-state index is 11.4. The fraction of sp³-hybridized carbons (Fsp3) is 0.700. The molecule has 0 aliphatic heterocycles. The van der Waals surface area contributed by atoms with Crippen LogP contribution in [-0.4, -0.2) is 37.5 Å². The number of rotatable bonds is 8. The Morgan fingerprint density at radius 1 is 1.38 bits per heavy atom. The van der Waals surface area contributed by atoms with E-state index >= 15 is 0 Å². The highest BCUT2D eigenvalue weighted by atomic mass is 16.5. The van der Waals surface area contributed by atoms with Crippen molar-refractivity contribution in [3.8, 4) is 0 Å². The van der Waals surface area contributed by atoms with Gasteiger partial charge in [-0.15, -0.1) is 0 Å². The van der Waals surface area contributed by atoms with E-state index in [0.717, 1.165) is 6.42 Å². The van der Waals surface area contributed by atoms with E-state index in [1.165, 1.54) is 0 Å². The third-order valence-electron chi connectivity index (χ3n) is 1.83. The molecule has 0 rings (SSSR count). The Morgan fingerprint density at radius 2 is 2.06 bits per heavy atom. The van der Waals surface area contributed by atoms with Crippen molar-refractivity contribution in [3.63, 3.8) is 0 Å². The van der Waals surface area contributed by atoms with Gasteiger partial charge >= 0.3 is 5.97 Å². The zero-order valence-corrected chi connectivity index (χ0v) is 9.62. The molecule has 0 saturated carbocycles. The molecule has 16 heavy (non-hydrogen) atoms. The van der Waals surface area contributed by atoms with E-state index < -0.39 is 17.9 Å². The van der Waals surface area contributed by atoms with E-state index in [0.29, 0.717) is 12.8 Å². The van der Waals surface area contributed by atoms with Gasteiger partial charge in [-0.3, -0.25) is 9.59 Å². The Balaban J connectivity index is 4.15. The molecule has 0 aromatic rings. The molecule has 2 N–H and O–H groups in total. The zero-order chi connectivity index (χ0) is 12.4. The number of esters is 1. The Morgan fingerprint density at radius 3 is 2.56 bits per heavy atom. The Bertz CT molecular complexity index is 243. The predicted molar refractivity (Wildman–Crippen MR) is 57.5 cm³/mol. The van der Waals surface area contributed by atoms with Crippen molar-refractivity contribution in [2.45, 2.75) is 32.7 Å². The molecule has 1 atom stereocenters. The summed E-state index contributed by atoms with van der Waals surface area (Å²) in [5, 5.41) is 4.72. The number of carbonyl (C=O) groups is 3. The van der Waals surface area contributed by atoms with Gasteiger partial charge in [0.1, 0.15) is 6.04 Å². The first kappa shape index (κ1) is 14.4. The number of carbonyl (C=O) groups excluding carboxylic acids is 3. The molecule has 6 nitrogen and oxygen atoms in total. The van der Waals surface area contributed by atoms with E-state index in [-0.39, 0.29) is 13.2 Å². The summed E-state index contributed by atoms with van der Waals surface area (Å²) >= 11 is 0. The Labute approximate surface area is 94.7 Å². The van der Waals surface area contributed by atoms with Crippen LogP contribution in [0.15, 0.2) is 0 Å². The van der Waals surface area contributed by atoms with E-state index in [9.17, 15) is 14.4 Å². The Kier molecular flexibility index (Phi) is 7.83. The standard InChI is InChI=1S/C10H18N2O4/c1-3-5-8(10(15)16-4-2)12-9(14)6-11-7-13/h7-8H,3-6H2,1-2H3,(H,11,13)(H,12,14). The van der Waals surface area contributed by atoms with Crippen molar-refractivity contribution in [1.29, 1.82) is 0 Å². The first-order valence-corrected chi connectivity index (χ1v) is 5.28. The van der Waals surface area contributed by atoms with Crippen LogP contribution in [0.2, 0.25) is 0 Å². The third-order valence-corrected chi connectivity index (χ3v) is 1.83. The lowest BCUT2D eigenvalue weighted by molar-refractivity contribution is -0.147. The van der Waals surface area contributed by atoms with Crippen LogP contribution >= 0.6 is 0 Å². The second-order valence-electron chi connectivity index (χ2n) is 3.16. The molecule has 0 spiro atoms. The summed E-state index contributed by atoms with van der Waals surface area (Å²) < 4.78 is 4.82. The highest BCUT2D eigenvalue weighted by Crippen LogP contribution is 1.99. The van der Waals surface area contributed by atoms with Crippen molar-refractivity contribution in [2.24, 2.45) is 0 Å². The summed E-state index contributed by atoms with van der Waals surface area (Å²) in [4.78, 5) is 32.6.